The predicted molar refractivity (Wildman–Crippen MR) is 75.6 cm³/mol. The molecule has 3 nitrogen and oxygen atoms in total. The highest BCUT2D eigenvalue weighted by atomic mass is 16.5. The highest BCUT2D eigenvalue weighted by Crippen LogP contribution is 2.33. The van der Waals surface area contributed by atoms with Crippen LogP contribution >= 0.6 is 0 Å². The molecule has 19 heavy (non-hydrogen) atoms. The quantitative estimate of drug-likeness (QED) is 0.475. The zero-order valence-corrected chi connectivity index (χ0v) is 11.1. The van der Waals surface area contributed by atoms with Crippen molar-refractivity contribution in [3.63, 3.8) is 0 Å². The SMILES string of the molecule is C=C(C)C(=O)Oc1ccc(OCC)c2ccccc12. The zero-order valence-electron chi connectivity index (χ0n) is 11.1. The highest BCUT2D eigenvalue weighted by Gasteiger charge is 2.11. The van der Waals surface area contributed by atoms with Gasteiger partial charge in [-0.25, -0.2) is 4.79 Å². The van der Waals surface area contributed by atoms with Gasteiger partial charge in [-0.1, -0.05) is 30.8 Å². The second-order valence-electron chi connectivity index (χ2n) is 4.21. The van der Waals surface area contributed by atoms with Gasteiger partial charge in [-0.3, -0.25) is 0 Å². The summed E-state index contributed by atoms with van der Waals surface area (Å²) < 4.78 is 10.9. The molecule has 0 unspecified atom stereocenters. The fourth-order valence-corrected chi connectivity index (χ4v) is 1.80. The van der Waals surface area contributed by atoms with Gasteiger partial charge in [0.05, 0.1) is 6.61 Å². The molecule has 0 heterocycles. The van der Waals surface area contributed by atoms with E-state index in [0.717, 1.165) is 16.5 Å². The van der Waals surface area contributed by atoms with Crippen molar-refractivity contribution in [2.24, 2.45) is 0 Å². The van der Waals surface area contributed by atoms with Crippen LogP contribution in [0.4, 0.5) is 0 Å². The molecule has 0 N–H and O–H groups in total. The second kappa shape index (κ2) is 5.57. The van der Waals surface area contributed by atoms with E-state index in [0.29, 0.717) is 17.9 Å². The minimum Gasteiger partial charge on any atom is -0.493 e. The van der Waals surface area contributed by atoms with Crippen LogP contribution in [0, 0.1) is 0 Å². The van der Waals surface area contributed by atoms with E-state index < -0.39 is 5.97 Å². The van der Waals surface area contributed by atoms with Crippen LogP contribution in [0.1, 0.15) is 13.8 Å². The molecule has 2 rings (SSSR count). The molecule has 0 aromatic heterocycles. The summed E-state index contributed by atoms with van der Waals surface area (Å²) in [5.74, 6) is 0.884. The van der Waals surface area contributed by atoms with Crippen molar-refractivity contribution < 1.29 is 14.3 Å². The summed E-state index contributed by atoms with van der Waals surface area (Å²) in [6.45, 7) is 7.73. The molecule has 0 fully saturated rings. The molecule has 98 valence electrons. The fraction of sp³-hybridized carbons (Fsp3) is 0.188. The summed E-state index contributed by atoms with van der Waals surface area (Å²) in [5, 5.41) is 1.78. The topological polar surface area (TPSA) is 35.5 Å². The van der Waals surface area contributed by atoms with Gasteiger partial charge in [0, 0.05) is 16.3 Å². The van der Waals surface area contributed by atoms with E-state index in [2.05, 4.69) is 6.58 Å². The zero-order chi connectivity index (χ0) is 13.8. The van der Waals surface area contributed by atoms with Crippen molar-refractivity contribution in [3.8, 4) is 11.5 Å². The summed E-state index contributed by atoms with van der Waals surface area (Å²) in [7, 11) is 0. The molecule has 2 aromatic rings. The normalized spacial score (nSPS) is 10.2. The molecule has 0 radical (unpaired) electrons. The highest BCUT2D eigenvalue weighted by molar-refractivity contribution is 5.97. The lowest BCUT2D eigenvalue weighted by molar-refractivity contribution is -0.129. The summed E-state index contributed by atoms with van der Waals surface area (Å²) in [5.41, 5.74) is 0.373. The maximum Gasteiger partial charge on any atom is 0.338 e. The molecule has 0 bridgehead atoms. The van der Waals surface area contributed by atoms with Crippen molar-refractivity contribution >= 4 is 16.7 Å². The van der Waals surface area contributed by atoms with Gasteiger partial charge in [-0.2, -0.15) is 0 Å². The van der Waals surface area contributed by atoms with Crippen LogP contribution < -0.4 is 9.47 Å². The average molecular weight is 256 g/mol. The maximum absolute atomic E-state index is 11.6. The van der Waals surface area contributed by atoms with Crippen molar-refractivity contribution in [1.82, 2.24) is 0 Å². The average Bonchev–Trinajstić information content (AvgIpc) is 2.41. The van der Waals surface area contributed by atoms with E-state index >= 15 is 0 Å². The van der Waals surface area contributed by atoms with Crippen molar-refractivity contribution in [2.45, 2.75) is 13.8 Å². The molecule has 3 heteroatoms. The number of carbonyl (C=O) groups excluding carboxylic acids is 1. The Morgan fingerprint density at radius 3 is 2.26 bits per heavy atom. The molecular formula is C16H16O3. The summed E-state index contributed by atoms with van der Waals surface area (Å²) in [6, 6.07) is 11.2. The minimum absolute atomic E-state index is 0.373. The monoisotopic (exact) mass is 256 g/mol. The van der Waals surface area contributed by atoms with Crippen molar-refractivity contribution in [1.29, 1.82) is 0 Å². The first kappa shape index (κ1) is 13.1. The standard InChI is InChI=1S/C16H16O3/c1-4-18-14-9-10-15(19-16(17)11(2)3)13-8-6-5-7-12(13)14/h5-10H,2,4H2,1,3H3. The van der Waals surface area contributed by atoms with E-state index in [1.54, 1.807) is 13.0 Å². The number of benzene rings is 2. The number of carbonyl (C=O) groups is 1. The Labute approximate surface area is 112 Å². The Bertz CT molecular complexity index is 629. The number of ether oxygens (including phenoxy) is 2. The van der Waals surface area contributed by atoms with E-state index in [9.17, 15) is 4.79 Å². The molecular weight excluding hydrogens is 240 g/mol. The van der Waals surface area contributed by atoms with Crippen LogP contribution in [0.2, 0.25) is 0 Å². The molecule has 0 aliphatic rings. The lowest BCUT2D eigenvalue weighted by atomic mass is 10.1. The van der Waals surface area contributed by atoms with Gasteiger partial charge in [0.15, 0.2) is 0 Å². The van der Waals surface area contributed by atoms with Crippen LogP contribution in [-0.4, -0.2) is 12.6 Å². The van der Waals surface area contributed by atoms with Crippen LogP contribution in [0.15, 0.2) is 48.6 Å². The fourth-order valence-electron chi connectivity index (χ4n) is 1.80. The molecule has 0 saturated heterocycles. The smallest absolute Gasteiger partial charge is 0.338 e. The Morgan fingerprint density at radius 1 is 1.11 bits per heavy atom. The summed E-state index contributed by atoms with van der Waals surface area (Å²) in [4.78, 5) is 11.6. The predicted octanol–water partition coefficient (Wildman–Crippen LogP) is 3.72. The van der Waals surface area contributed by atoms with Gasteiger partial charge >= 0.3 is 5.97 Å². The van der Waals surface area contributed by atoms with Crippen LogP contribution in [0.5, 0.6) is 11.5 Å². The van der Waals surface area contributed by atoms with E-state index in [1.165, 1.54) is 0 Å². The third-order valence-corrected chi connectivity index (χ3v) is 2.70. The van der Waals surface area contributed by atoms with Gasteiger partial charge in [-0.15, -0.1) is 0 Å². The lowest BCUT2D eigenvalue weighted by Crippen LogP contribution is -2.08. The molecule has 0 aliphatic heterocycles. The van der Waals surface area contributed by atoms with Crippen LogP contribution in [0.25, 0.3) is 10.8 Å². The first-order valence-corrected chi connectivity index (χ1v) is 6.15. The molecule has 0 atom stereocenters. The van der Waals surface area contributed by atoms with Gasteiger partial charge in [0.25, 0.3) is 0 Å². The summed E-state index contributed by atoms with van der Waals surface area (Å²) in [6.07, 6.45) is 0. The number of hydrogen-bond donors (Lipinski definition) is 0. The van der Waals surface area contributed by atoms with Crippen LogP contribution in [0.3, 0.4) is 0 Å². The first-order valence-electron chi connectivity index (χ1n) is 6.15. The molecule has 0 amide bonds. The Morgan fingerprint density at radius 2 is 1.68 bits per heavy atom. The third-order valence-electron chi connectivity index (χ3n) is 2.70. The Hall–Kier alpha value is -2.29. The third kappa shape index (κ3) is 2.76. The van der Waals surface area contributed by atoms with Crippen LogP contribution in [-0.2, 0) is 4.79 Å². The maximum atomic E-state index is 11.6. The Balaban J connectivity index is 2.49. The van der Waals surface area contributed by atoms with E-state index in [4.69, 9.17) is 9.47 Å². The first-order chi connectivity index (χ1) is 9.13. The van der Waals surface area contributed by atoms with Crippen molar-refractivity contribution in [3.05, 3.63) is 48.6 Å². The van der Waals surface area contributed by atoms with Gasteiger partial charge in [-0.05, 0) is 26.0 Å². The molecule has 0 spiro atoms. The number of hydrogen-bond acceptors (Lipinski definition) is 3. The van der Waals surface area contributed by atoms with E-state index in [-0.39, 0.29) is 0 Å². The number of rotatable bonds is 4. The molecule has 0 aliphatic carbocycles. The van der Waals surface area contributed by atoms with Gasteiger partial charge < -0.3 is 9.47 Å². The number of fused-ring (bicyclic) bond motifs is 1. The van der Waals surface area contributed by atoms with Crippen molar-refractivity contribution in [2.75, 3.05) is 6.61 Å². The molecule has 0 saturated carbocycles. The molecule has 2 aromatic carbocycles. The largest absolute Gasteiger partial charge is 0.493 e. The minimum atomic E-state index is -0.422. The summed E-state index contributed by atoms with van der Waals surface area (Å²) >= 11 is 0. The lowest BCUT2D eigenvalue weighted by Gasteiger charge is -2.11. The number of esters is 1. The van der Waals surface area contributed by atoms with Gasteiger partial charge in [0.1, 0.15) is 11.5 Å². The van der Waals surface area contributed by atoms with E-state index in [1.807, 2.05) is 37.3 Å². The van der Waals surface area contributed by atoms with Gasteiger partial charge in [0.2, 0.25) is 0 Å². The second-order valence-corrected chi connectivity index (χ2v) is 4.21. The Kier molecular flexibility index (Phi) is 3.85.